The maximum Gasteiger partial charge on any atom is 0.220 e. The number of rotatable bonds is 8. The van der Waals surface area contributed by atoms with Gasteiger partial charge in [0.2, 0.25) is 5.91 Å². The lowest BCUT2D eigenvalue weighted by atomic mass is 9.92. The quantitative estimate of drug-likeness (QED) is 0.540. The Hall–Kier alpha value is -2.63. The van der Waals surface area contributed by atoms with Crippen LogP contribution in [0.1, 0.15) is 43.4 Å². The first-order valence-electron chi connectivity index (χ1n) is 12.5. The van der Waals surface area contributed by atoms with Crippen LogP contribution in [0.15, 0.2) is 65.1 Å². The summed E-state index contributed by atoms with van der Waals surface area (Å²) in [4.78, 5) is 17.5. The Bertz CT molecular complexity index is 1010. The van der Waals surface area contributed by atoms with Crippen LogP contribution in [0, 0.1) is 5.92 Å². The molecule has 0 aliphatic carbocycles. The molecule has 5 heteroatoms. The van der Waals surface area contributed by atoms with Gasteiger partial charge in [0.05, 0.1) is 6.54 Å². The van der Waals surface area contributed by atoms with E-state index in [1.807, 2.05) is 12.1 Å². The molecule has 1 N–H and O–H groups in total. The molecule has 0 saturated carbocycles. The van der Waals surface area contributed by atoms with E-state index in [4.69, 9.17) is 4.42 Å². The third-order valence-electron chi connectivity index (χ3n) is 7.23. The van der Waals surface area contributed by atoms with E-state index in [1.54, 1.807) is 0 Å². The van der Waals surface area contributed by atoms with E-state index in [0.717, 1.165) is 63.5 Å². The number of likely N-dealkylation sites (tertiary alicyclic amines) is 2. The minimum Gasteiger partial charge on any atom is -0.460 e. The number of hydrogen-bond donors (Lipinski definition) is 1. The zero-order valence-corrected chi connectivity index (χ0v) is 19.4. The van der Waals surface area contributed by atoms with E-state index in [-0.39, 0.29) is 5.91 Å². The maximum atomic E-state index is 12.5. The molecule has 3 aromatic rings. The molecule has 1 amide bonds. The third kappa shape index (κ3) is 6.04. The van der Waals surface area contributed by atoms with Crippen molar-refractivity contribution in [2.24, 2.45) is 5.92 Å². The van der Waals surface area contributed by atoms with E-state index >= 15 is 0 Å². The minimum absolute atomic E-state index is 0.228. The number of piperidine rings is 1. The van der Waals surface area contributed by atoms with Crippen molar-refractivity contribution >= 4 is 16.9 Å². The van der Waals surface area contributed by atoms with Crippen LogP contribution in [-0.2, 0) is 17.9 Å². The number of amides is 1. The molecule has 1 aromatic heterocycles. The highest BCUT2D eigenvalue weighted by Crippen LogP contribution is 2.25. The first-order chi connectivity index (χ1) is 16.2. The van der Waals surface area contributed by atoms with Crippen LogP contribution in [0.3, 0.4) is 0 Å². The van der Waals surface area contributed by atoms with Crippen LogP contribution >= 0.6 is 0 Å². The van der Waals surface area contributed by atoms with Gasteiger partial charge in [-0.25, -0.2) is 0 Å². The fraction of sp³-hybridized carbons (Fsp3) is 0.464. The van der Waals surface area contributed by atoms with Crippen LogP contribution in [0.5, 0.6) is 0 Å². The van der Waals surface area contributed by atoms with E-state index in [0.29, 0.717) is 18.4 Å². The lowest BCUT2D eigenvalue weighted by Crippen LogP contribution is -2.37. The molecule has 5 nitrogen and oxygen atoms in total. The number of hydrogen-bond acceptors (Lipinski definition) is 4. The summed E-state index contributed by atoms with van der Waals surface area (Å²) in [6.07, 6.45) is 5.05. The van der Waals surface area contributed by atoms with Crippen LogP contribution in [0.4, 0.5) is 0 Å². The third-order valence-corrected chi connectivity index (χ3v) is 7.23. The number of fused-ring (bicyclic) bond motifs is 1. The molecule has 33 heavy (non-hydrogen) atoms. The van der Waals surface area contributed by atoms with Crippen LogP contribution in [-0.4, -0.2) is 47.9 Å². The molecule has 5 rings (SSSR count). The second kappa shape index (κ2) is 10.5. The Kier molecular flexibility index (Phi) is 7.08. The van der Waals surface area contributed by atoms with Gasteiger partial charge in [0.15, 0.2) is 0 Å². The topological polar surface area (TPSA) is 48.7 Å². The fourth-order valence-corrected chi connectivity index (χ4v) is 5.34. The number of para-hydroxylation sites is 1. The number of nitrogens with zero attached hydrogens (tertiary/aromatic N) is 2. The average molecular weight is 446 g/mol. The number of carbonyl (C=O) groups is 1. The van der Waals surface area contributed by atoms with Gasteiger partial charge < -0.3 is 9.73 Å². The normalized spacial score (nSPS) is 20.4. The second-order valence-corrected chi connectivity index (χ2v) is 9.78. The lowest BCUT2D eigenvalue weighted by molar-refractivity contribution is -0.122. The van der Waals surface area contributed by atoms with Crippen LogP contribution in [0.25, 0.3) is 11.0 Å². The molecule has 1 atom stereocenters. The Morgan fingerprint density at radius 3 is 2.48 bits per heavy atom. The predicted octanol–water partition coefficient (Wildman–Crippen LogP) is 4.82. The van der Waals surface area contributed by atoms with Crippen molar-refractivity contribution < 1.29 is 9.21 Å². The van der Waals surface area contributed by atoms with Crippen molar-refractivity contribution in [3.05, 3.63) is 72.0 Å². The Morgan fingerprint density at radius 2 is 1.67 bits per heavy atom. The molecule has 2 aromatic carbocycles. The summed E-state index contributed by atoms with van der Waals surface area (Å²) in [6.45, 7) is 6.04. The summed E-state index contributed by atoms with van der Waals surface area (Å²) in [6, 6.07) is 21.3. The molecule has 3 heterocycles. The van der Waals surface area contributed by atoms with Gasteiger partial charge >= 0.3 is 0 Å². The van der Waals surface area contributed by atoms with Crippen molar-refractivity contribution in [1.29, 1.82) is 0 Å². The van der Waals surface area contributed by atoms with Crippen molar-refractivity contribution in [2.75, 3.05) is 26.2 Å². The Morgan fingerprint density at radius 1 is 0.909 bits per heavy atom. The van der Waals surface area contributed by atoms with E-state index in [2.05, 4.69) is 63.6 Å². The standard InChI is InChI=1S/C28H35N3O2/c32-28(29-25-14-17-31(20-25)19-23-6-2-1-3-7-23)11-10-22-12-15-30(16-13-22)21-26-18-24-8-4-5-9-27(24)33-26/h1-9,18,22,25H,10-17,19-21H2,(H,29,32). The first-order valence-corrected chi connectivity index (χ1v) is 12.5. The highest BCUT2D eigenvalue weighted by Gasteiger charge is 2.25. The molecular formula is C28H35N3O2. The molecule has 174 valence electrons. The van der Waals surface area contributed by atoms with Gasteiger partial charge in [-0.3, -0.25) is 14.6 Å². The number of nitrogens with one attached hydrogen (secondary N) is 1. The maximum absolute atomic E-state index is 12.5. The molecule has 1 unspecified atom stereocenters. The molecule has 2 aliphatic heterocycles. The van der Waals surface area contributed by atoms with Gasteiger partial charge in [-0.1, -0.05) is 48.5 Å². The van der Waals surface area contributed by atoms with E-state index in [9.17, 15) is 4.79 Å². The summed E-state index contributed by atoms with van der Waals surface area (Å²) in [7, 11) is 0. The zero-order chi connectivity index (χ0) is 22.5. The van der Waals surface area contributed by atoms with Gasteiger partial charge in [0.1, 0.15) is 11.3 Å². The van der Waals surface area contributed by atoms with E-state index < -0.39 is 0 Å². The second-order valence-electron chi connectivity index (χ2n) is 9.78. The SMILES string of the molecule is O=C(CCC1CCN(Cc2cc3ccccc3o2)CC1)NC1CCN(Cc2ccccc2)C1. The van der Waals surface area contributed by atoms with Crippen LogP contribution < -0.4 is 5.32 Å². The molecular weight excluding hydrogens is 410 g/mol. The van der Waals surface area contributed by atoms with Crippen LogP contribution in [0.2, 0.25) is 0 Å². The lowest BCUT2D eigenvalue weighted by Gasteiger charge is -2.31. The Labute approximate surface area is 196 Å². The molecule has 0 radical (unpaired) electrons. The van der Waals surface area contributed by atoms with Gasteiger partial charge in [-0.15, -0.1) is 0 Å². The summed E-state index contributed by atoms with van der Waals surface area (Å²) in [5.74, 6) is 1.93. The fourth-order valence-electron chi connectivity index (χ4n) is 5.34. The molecule has 2 saturated heterocycles. The zero-order valence-electron chi connectivity index (χ0n) is 19.4. The highest BCUT2D eigenvalue weighted by molar-refractivity contribution is 5.77. The smallest absolute Gasteiger partial charge is 0.220 e. The van der Waals surface area contributed by atoms with Crippen molar-refractivity contribution in [3.8, 4) is 0 Å². The van der Waals surface area contributed by atoms with Crippen molar-refractivity contribution in [2.45, 2.75) is 51.2 Å². The Balaban J connectivity index is 0.989. The minimum atomic E-state index is 0.228. The summed E-state index contributed by atoms with van der Waals surface area (Å²) in [5.41, 5.74) is 2.31. The number of carbonyl (C=O) groups excluding carboxylic acids is 1. The molecule has 0 bridgehead atoms. The molecule has 2 fully saturated rings. The largest absolute Gasteiger partial charge is 0.460 e. The molecule has 2 aliphatic rings. The van der Waals surface area contributed by atoms with Crippen molar-refractivity contribution in [1.82, 2.24) is 15.1 Å². The van der Waals surface area contributed by atoms with Crippen molar-refractivity contribution in [3.63, 3.8) is 0 Å². The monoisotopic (exact) mass is 445 g/mol. The van der Waals surface area contributed by atoms with Gasteiger partial charge in [0.25, 0.3) is 0 Å². The predicted molar refractivity (Wildman–Crippen MR) is 132 cm³/mol. The van der Waals surface area contributed by atoms with E-state index in [1.165, 1.54) is 23.8 Å². The summed E-state index contributed by atoms with van der Waals surface area (Å²) in [5, 5.41) is 4.46. The number of benzene rings is 2. The highest BCUT2D eigenvalue weighted by atomic mass is 16.3. The van der Waals surface area contributed by atoms with Gasteiger partial charge in [-0.05, 0) is 62.4 Å². The average Bonchev–Trinajstić information content (AvgIpc) is 3.45. The van der Waals surface area contributed by atoms with Gasteiger partial charge in [0, 0.05) is 37.5 Å². The first kappa shape index (κ1) is 22.2. The summed E-state index contributed by atoms with van der Waals surface area (Å²) < 4.78 is 5.98. The number of furan rings is 1. The van der Waals surface area contributed by atoms with Gasteiger partial charge in [-0.2, -0.15) is 0 Å². The summed E-state index contributed by atoms with van der Waals surface area (Å²) >= 11 is 0. The molecule has 0 spiro atoms.